The zero-order valence-electron chi connectivity index (χ0n) is 7.58. The summed E-state index contributed by atoms with van der Waals surface area (Å²) in [5.74, 6) is 0. The topological polar surface area (TPSA) is 9.23 Å². The molecule has 0 saturated heterocycles. The highest BCUT2D eigenvalue weighted by Crippen LogP contribution is 2.04. The highest BCUT2D eigenvalue weighted by Gasteiger charge is 1.92. The maximum Gasteiger partial charge on any atom is 0.381 e. The molecule has 0 spiro atoms. The van der Waals surface area contributed by atoms with Gasteiger partial charge in [0.2, 0.25) is 0 Å². The Bertz CT molecular complexity index is 215. The van der Waals surface area contributed by atoms with Crippen LogP contribution in [0, 0.1) is 0 Å². The second-order valence-corrected chi connectivity index (χ2v) is 3.28. The minimum absolute atomic E-state index is 0.804. The van der Waals surface area contributed by atoms with Crippen LogP contribution in [0.3, 0.4) is 0 Å². The number of aryl methyl sites for hydroxylation is 1. The van der Waals surface area contributed by atoms with Gasteiger partial charge in [-0.2, -0.15) is 0 Å². The highest BCUT2D eigenvalue weighted by atomic mass is 79.9. The molecule has 1 nitrogen and oxygen atoms in total. The van der Waals surface area contributed by atoms with Crippen LogP contribution in [0.1, 0.15) is 18.4 Å². The molecule has 0 aliphatic heterocycles. The van der Waals surface area contributed by atoms with Crippen LogP contribution in [0.25, 0.3) is 0 Å². The molecule has 0 atom stereocenters. The number of halogens is 1. The smallest absolute Gasteiger partial charge is 0.381 e. The zero-order valence-corrected chi connectivity index (χ0v) is 9.16. The molecule has 0 aliphatic carbocycles. The minimum Gasteiger partial charge on any atom is -0.428 e. The molecule has 0 amide bonds. The SMILES string of the molecule is Br[B]OCCCCc1ccccc1. The summed E-state index contributed by atoms with van der Waals surface area (Å²) in [6, 6.07) is 10.5. The largest absolute Gasteiger partial charge is 0.428 e. The average Bonchev–Trinajstić information content (AvgIpc) is 2.19. The minimum atomic E-state index is 0.804. The predicted octanol–water partition coefficient (Wildman–Crippen LogP) is 2.96. The van der Waals surface area contributed by atoms with Crippen molar-refractivity contribution in [2.45, 2.75) is 19.3 Å². The summed E-state index contributed by atoms with van der Waals surface area (Å²) in [7, 11) is 0. The first-order chi connectivity index (χ1) is 6.43. The summed E-state index contributed by atoms with van der Waals surface area (Å²) >= 11 is 3.10. The zero-order chi connectivity index (χ0) is 9.36. The molecular formula is C10H13BBrO. The molecule has 1 aromatic rings. The van der Waals surface area contributed by atoms with E-state index in [4.69, 9.17) is 4.65 Å². The lowest BCUT2D eigenvalue weighted by Crippen LogP contribution is -1.95. The van der Waals surface area contributed by atoms with Crippen molar-refractivity contribution < 1.29 is 4.65 Å². The second kappa shape index (κ2) is 7.16. The maximum atomic E-state index is 5.06. The van der Waals surface area contributed by atoms with Crippen LogP contribution in [-0.4, -0.2) is 12.9 Å². The lowest BCUT2D eigenvalue weighted by atomic mass is 10.1. The number of unbranched alkanes of at least 4 members (excludes halogenated alkanes) is 1. The standard InChI is InChI=1S/C10H13BBrO/c12-11-13-9-5-4-8-10-6-2-1-3-7-10/h1-3,6-7H,4-5,8-9H2. The Kier molecular flexibility index (Phi) is 5.95. The van der Waals surface area contributed by atoms with Crippen LogP contribution >= 0.6 is 15.8 Å². The maximum absolute atomic E-state index is 5.06. The van der Waals surface area contributed by atoms with Crippen molar-refractivity contribution >= 4 is 22.1 Å². The van der Waals surface area contributed by atoms with E-state index < -0.39 is 0 Å². The van der Waals surface area contributed by atoms with Gasteiger partial charge in [-0.25, -0.2) is 0 Å². The second-order valence-electron chi connectivity index (χ2n) is 2.90. The molecule has 0 fully saturated rings. The van der Waals surface area contributed by atoms with Crippen molar-refractivity contribution in [2.75, 3.05) is 6.61 Å². The summed E-state index contributed by atoms with van der Waals surface area (Å²) in [5, 5.41) is 0. The van der Waals surface area contributed by atoms with Crippen molar-refractivity contribution in [1.82, 2.24) is 0 Å². The van der Waals surface area contributed by atoms with Crippen LogP contribution in [0.5, 0.6) is 0 Å². The molecule has 1 radical (unpaired) electrons. The fourth-order valence-electron chi connectivity index (χ4n) is 1.20. The third-order valence-electron chi connectivity index (χ3n) is 1.88. The third kappa shape index (κ3) is 5.11. The van der Waals surface area contributed by atoms with Crippen LogP contribution in [0.2, 0.25) is 0 Å². The van der Waals surface area contributed by atoms with E-state index in [2.05, 4.69) is 40.0 Å². The van der Waals surface area contributed by atoms with Crippen molar-refractivity contribution in [2.24, 2.45) is 0 Å². The number of benzene rings is 1. The van der Waals surface area contributed by atoms with Gasteiger partial charge in [0.25, 0.3) is 0 Å². The molecule has 0 heterocycles. The monoisotopic (exact) mass is 239 g/mol. The first-order valence-electron chi connectivity index (χ1n) is 4.51. The van der Waals surface area contributed by atoms with Crippen LogP contribution < -0.4 is 0 Å². The summed E-state index contributed by atoms with van der Waals surface area (Å²) in [6.45, 7) is 0.804. The Hall–Kier alpha value is -0.275. The Morgan fingerprint density at radius 2 is 1.92 bits per heavy atom. The fraction of sp³-hybridized carbons (Fsp3) is 0.400. The van der Waals surface area contributed by atoms with E-state index in [-0.39, 0.29) is 0 Å². The number of hydrogen-bond donors (Lipinski definition) is 0. The van der Waals surface area contributed by atoms with Gasteiger partial charge in [-0.15, -0.1) is 15.8 Å². The fourth-order valence-corrected chi connectivity index (χ4v) is 1.39. The van der Waals surface area contributed by atoms with Crippen molar-refractivity contribution in [3.8, 4) is 0 Å². The Labute approximate surface area is 88.7 Å². The summed E-state index contributed by atoms with van der Waals surface area (Å²) < 4.78 is 5.06. The van der Waals surface area contributed by atoms with Gasteiger partial charge < -0.3 is 4.65 Å². The molecule has 1 aromatic carbocycles. The molecular weight excluding hydrogens is 227 g/mol. The quantitative estimate of drug-likeness (QED) is 0.548. The van der Waals surface area contributed by atoms with Gasteiger partial charge in [0.15, 0.2) is 0 Å². The Morgan fingerprint density at radius 1 is 1.15 bits per heavy atom. The molecule has 13 heavy (non-hydrogen) atoms. The van der Waals surface area contributed by atoms with E-state index in [1.54, 1.807) is 6.31 Å². The van der Waals surface area contributed by atoms with Gasteiger partial charge in [0.05, 0.1) is 0 Å². The molecule has 0 aromatic heterocycles. The average molecular weight is 240 g/mol. The molecule has 3 heteroatoms. The van der Waals surface area contributed by atoms with Crippen LogP contribution in [-0.2, 0) is 11.1 Å². The van der Waals surface area contributed by atoms with Gasteiger partial charge in [-0.3, -0.25) is 0 Å². The van der Waals surface area contributed by atoms with Crippen molar-refractivity contribution in [3.63, 3.8) is 0 Å². The lowest BCUT2D eigenvalue weighted by Gasteiger charge is -2.01. The lowest BCUT2D eigenvalue weighted by molar-refractivity contribution is 0.333. The van der Waals surface area contributed by atoms with E-state index in [9.17, 15) is 0 Å². The first-order valence-corrected chi connectivity index (χ1v) is 5.42. The molecule has 69 valence electrons. The molecule has 0 saturated carbocycles. The highest BCUT2D eigenvalue weighted by molar-refractivity contribution is 9.23. The number of rotatable bonds is 6. The van der Waals surface area contributed by atoms with E-state index in [1.807, 2.05) is 6.07 Å². The van der Waals surface area contributed by atoms with Gasteiger partial charge >= 0.3 is 6.31 Å². The summed E-state index contributed by atoms with van der Waals surface area (Å²) in [6.07, 6.45) is 5.00. The van der Waals surface area contributed by atoms with Crippen molar-refractivity contribution in [3.05, 3.63) is 35.9 Å². The molecule has 0 bridgehead atoms. The van der Waals surface area contributed by atoms with Gasteiger partial charge in [-0.05, 0) is 24.8 Å². The molecule has 0 unspecified atom stereocenters. The first kappa shape index (κ1) is 10.8. The van der Waals surface area contributed by atoms with E-state index in [1.165, 1.54) is 12.0 Å². The summed E-state index contributed by atoms with van der Waals surface area (Å²) in [5.41, 5.74) is 1.41. The molecule has 0 aliphatic rings. The Balaban J connectivity index is 2.07. The van der Waals surface area contributed by atoms with Gasteiger partial charge in [-0.1, -0.05) is 30.3 Å². The van der Waals surface area contributed by atoms with Crippen LogP contribution in [0.4, 0.5) is 0 Å². The van der Waals surface area contributed by atoms with E-state index in [0.717, 1.165) is 19.4 Å². The molecule has 0 N–H and O–H groups in total. The Morgan fingerprint density at radius 3 is 2.62 bits per heavy atom. The predicted molar refractivity (Wildman–Crippen MR) is 60.0 cm³/mol. The summed E-state index contributed by atoms with van der Waals surface area (Å²) in [4.78, 5) is 0. The normalized spacial score (nSPS) is 9.92. The molecule has 1 rings (SSSR count). The van der Waals surface area contributed by atoms with E-state index >= 15 is 0 Å². The van der Waals surface area contributed by atoms with Gasteiger partial charge in [0, 0.05) is 6.61 Å². The number of hydrogen-bond acceptors (Lipinski definition) is 1. The van der Waals surface area contributed by atoms with Gasteiger partial charge in [0.1, 0.15) is 0 Å². The third-order valence-corrected chi connectivity index (χ3v) is 2.15. The van der Waals surface area contributed by atoms with E-state index in [0.29, 0.717) is 0 Å². The van der Waals surface area contributed by atoms with Crippen molar-refractivity contribution in [1.29, 1.82) is 0 Å². The van der Waals surface area contributed by atoms with Crippen LogP contribution in [0.15, 0.2) is 30.3 Å².